The molecular weight excluding hydrogens is 443 g/mol. The van der Waals surface area contributed by atoms with Gasteiger partial charge in [-0.05, 0) is 25.5 Å². The van der Waals surface area contributed by atoms with Gasteiger partial charge in [0.05, 0.1) is 37.2 Å². The maximum Gasteiger partial charge on any atom is 0.321 e. The van der Waals surface area contributed by atoms with E-state index in [1.54, 1.807) is 41.9 Å². The molecule has 0 spiro atoms. The molecule has 1 aliphatic heterocycles. The molecule has 2 bridgehead atoms. The van der Waals surface area contributed by atoms with Crippen LogP contribution in [0.25, 0.3) is 0 Å². The van der Waals surface area contributed by atoms with Crippen LogP contribution in [-0.4, -0.2) is 80.7 Å². The van der Waals surface area contributed by atoms with Crippen LogP contribution in [0.4, 0.5) is 14.9 Å². The lowest BCUT2D eigenvalue weighted by molar-refractivity contribution is -0.136. The fourth-order valence-corrected chi connectivity index (χ4v) is 3.82. The molecule has 0 saturated heterocycles. The topological polar surface area (TPSA) is 113 Å². The van der Waals surface area contributed by atoms with E-state index in [2.05, 4.69) is 15.6 Å². The maximum atomic E-state index is 14.0. The van der Waals surface area contributed by atoms with E-state index in [4.69, 9.17) is 4.74 Å². The number of hydrogen-bond donors (Lipinski definition) is 2. The Morgan fingerprint density at radius 1 is 1.41 bits per heavy atom. The third-order valence-corrected chi connectivity index (χ3v) is 5.96. The first-order chi connectivity index (χ1) is 16.3. The number of aliphatic hydroxyl groups is 1. The van der Waals surface area contributed by atoms with Crippen LogP contribution >= 0.6 is 0 Å². The summed E-state index contributed by atoms with van der Waals surface area (Å²) in [6.45, 7) is 4.90. The lowest BCUT2D eigenvalue weighted by Crippen LogP contribution is -2.48. The van der Waals surface area contributed by atoms with Crippen molar-refractivity contribution in [2.75, 3.05) is 32.1 Å². The molecule has 2 heterocycles. The Morgan fingerprint density at radius 3 is 2.91 bits per heavy atom. The van der Waals surface area contributed by atoms with Gasteiger partial charge in [-0.2, -0.15) is 0 Å². The number of nitrogens with zero attached hydrogens (tertiary/aromatic N) is 5. The predicted molar refractivity (Wildman–Crippen MR) is 123 cm³/mol. The van der Waals surface area contributed by atoms with Crippen LogP contribution in [0, 0.1) is 11.7 Å². The number of benzene rings is 1. The number of urea groups is 1. The number of fused-ring (bicyclic) bond motifs is 2. The van der Waals surface area contributed by atoms with Gasteiger partial charge < -0.3 is 25.0 Å². The van der Waals surface area contributed by atoms with Crippen molar-refractivity contribution in [1.82, 2.24) is 24.8 Å². The highest BCUT2D eigenvalue weighted by molar-refractivity contribution is 5.89. The lowest BCUT2D eigenvalue weighted by Gasteiger charge is -2.35. The summed E-state index contributed by atoms with van der Waals surface area (Å²) in [7, 11) is 1.60. The minimum absolute atomic E-state index is 0.0580. The summed E-state index contributed by atoms with van der Waals surface area (Å²) in [6.07, 6.45) is 2.26. The first kappa shape index (κ1) is 25.6. The van der Waals surface area contributed by atoms with E-state index in [1.165, 1.54) is 17.0 Å². The number of para-hydroxylation sites is 1. The smallest absolute Gasteiger partial charge is 0.321 e. The number of carbonyl (C=O) groups is 2. The predicted octanol–water partition coefficient (Wildman–Crippen LogP) is 2.11. The summed E-state index contributed by atoms with van der Waals surface area (Å²) < 4.78 is 21.8. The monoisotopic (exact) mass is 476 g/mol. The Morgan fingerprint density at radius 2 is 2.18 bits per heavy atom. The number of halogens is 1. The van der Waals surface area contributed by atoms with Crippen LogP contribution in [0.3, 0.4) is 0 Å². The molecule has 1 aromatic heterocycles. The zero-order valence-electron chi connectivity index (χ0n) is 19.9. The fraction of sp³-hybridized carbons (Fsp3) is 0.565. The molecular formula is C23H33FN6O4. The third-order valence-electron chi connectivity index (χ3n) is 5.96. The van der Waals surface area contributed by atoms with Gasteiger partial charge in [0.15, 0.2) is 0 Å². The summed E-state index contributed by atoms with van der Waals surface area (Å²) in [5.41, 5.74) is 0.746. The van der Waals surface area contributed by atoms with Crippen molar-refractivity contribution in [3.63, 3.8) is 0 Å². The second-order valence-corrected chi connectivity index (χ2v) is 8.77. The Hall–Kier alpha value is -3.05. The lowest BCUT2D eigenvalue weighted by atomic mass is 10.0. The summed E-state index contributed by atoms with van der Waals surface area (Å²) in [5.74, 6) is -0.749. The van der Waals surface area contributed by atoms with E-state index < -0.39 is 18.0 Å². The number of carbonyl (C=O) groups excluding carboxylic acids is 2. The summed E-state index contributed by atoms with van der Waals surface area (Å²) in [4.78, 5) is 28.7. The number of hydrogen-bond acceptors (Lipinski definition) is 6. The zero-order chi connectivity index (χ0) is 24.7. The second kappa shape index (κ2) is 11.9. The highest BCUT2D eigenvalue weighted by Gasteiger charge is 2.29. The molecule has 186 valence electrons. The van der Waals surface area contributed by atoms with Crippen LogP contribution in [-0.2, 0) is 22.7 Å². The Labute approximate surface area is 198 Å². The molecule has 2 aromatic rings. The molecule has 2 N–H and O–H groups in total. The molecule has 0 unspecified atom stereocenters. The molecule has 0 radical (unpaired) electrons. The van der Waals surface area contributed by atoms with Crippen LogP contribution in [0.1, 0.15) is 32.4 Å². The van der Waals surface area contributed by atoms with Gasteiger partial charge >= 0.3 is 6.03 Å². The summed E-state index contributed by atoms with van der Waals surface area (Å²) >= 11 is 0. The van der Waals surface area contributed by atoms with Gasteiger partial charge in [0, 0.05) is 39.0 Å². The highest BCUT2D eigenvalue weighted by atomic mass is 19.1. The van der Waals surface area contributed by atoms with Crippen LogP contribution < -0.4 is 5.32 Å². The average molecular weight is 477 g/mol. The number of ether oxygens (including phenoxy) is 1. The van der Waals surface area contributed by atoms with E-state index in [0.29, 0.717) is 31.6 Å². The van der Waals surface area contributed by atoms with Crippen LogP contribution in [0.2, 0.25) is 0 Å². The fourth-order valence-electron chi connectivity index (χ4n) is 3.82. The van der Waals surface area contributed by atoms with Gasteiger partial charge in [0.2, 0.25) is 5.91 Å². The molecule has 1 aromatic carbocycles. The number of aliphatic hydroxyl groups excluding tert-OH is 1. The number of amides is 3. The van der Waals surface area contributed by atoms with Crippen molar-refractivity contribution < 1.29 is 23.8 Å². The Bertz CT molecular complexity index is 970. The number of nitrogens with one attached hydrogen (secondary N) is 1. The molecule has 34 heavy (non-hydrogen) atoms. The quantitative estimate of drug-likeness (QED) is 0.684. The van der Waals surface area contributed by atoms with Gasteiger partial charge in [-0.3, -0.25) is 9.48 Å². The Balaban J connectivity index is 1.76. The van der Waals surface area contributed by atoms with E-state index in [1.807, 2.05) is 6.92 Å². The second-order valence-electron chi connectivity index (χ2n) is 8.77. The number of anilines is 1. The van der Waals surface area contributed by atoms with Crippen molar-refractivity contribution in [2.24, 2.45) is 5.92 Å². The third kappa shape index (κ3) is 6.73. The van der Waals surface area contributed by atoms with Gasteiger partial charge in [-0.15, -0.1) is 5.10 Å². The van der Waals surface area contributed by atoms with Gasteiger partial charge in [-0.1, -0.05) is 24.3 Å². The normalized spacial score (nSPS) is 20.6. The number of aromatic nitrogens is 3. The molecule has 3 rings (SSSR count). The molecule has 11 heteroatoms. The Kier molecular flexibility index (Phi) is 8.94. The van der Waals surface area contributed by atoms with Crippen molar-refractivity contribution in [3.8, 4) is 0 Å². The number of rotatable bonds is 5. The summed E-state index contributed by atoms with van der Waals surface area (Å²) in [6, 6.07) is 5.13. The van der Waals surface area contributed by atoms with Crippen molar-refractivity contribution in [2.45, 2.75) is 52.0 Å². The molecule has 0 saturated carbocycles. The first-order valence-electron chi connectivity index (χ1n) is 11.5. The van der Waals surface area contributed by atoms with Crippen LogP contribution in [0.15, 0.2) is 30.5 Å². The molecule has 1 aliphatic rings. The molecule has 3 atom stereocenters. The van der Waals surface area contributed by atoms with Gasteiger partial charge in [0.1, 0.15) is 11.5 Å². The highest BCUT2D eigenvalue weighted by Crippen LogP contribution is 2.18. The van der Waals surface area contributed by atoms with Gasteiger partial charge in [0.25, 0.3) is 0 Å². The molecule has 0 fully saturated rings. The number of aryl methyl sites for hydroxylation is 1. The van der Waals surface area contributed by atoms with E-state index >= 15 is 0 Å². The summed E-state index contributed by atoms with van der Waals surface area (Å²) in [5, 5.41) is 20.5. The minimum Gasteiger partial charge on any atom is -0.394 e. The van der Waals surface area contributed by atoms with Crippen molar-refractivity contribution in [1.29, 1.82) is 0 Å². The molecule has 10 nitrogen and oxygen atoms in total. The minimum atomic E-state index is -0.522. The van der Waals surface area contributed by atoms with Crippen LogP contribution in [0.5, 0.6) is 0 Å². The van der Waals surface area contributed by atoms with Crippen molar-refractivity contribution >= 4 is 17.6 Å². The standard InChI is InChI=1S/C23H33FN6O4/c1-16-11-30(17(2)14-31)22(32)9-6-10-29-12-18(26-27-29)15-34-21(16)13-28(3)23(33)25-20-8-5-4-7-19(20)24/h4-5,7-8,12,16-17,21,31H,6,9-11,13-15H2,1-3H3,(H,25,33)/t16-,17-,21-/m0/s1. The zero-order valence-corrected chi connectivity index (χ0v) is 19.9. The largest absolute Gasteiger partial charge is 0.394 e. The SMILES string of the molecule is C[C@H]1CN([C@@H](C)CO)C(=O)CCCn2cc(nn2)CO[C@H]1CN(C)C(=O)Nc1ccccc1F. The van der Waals surface area contributed by atoms with Crippen molar-refractivity contribution in [3.05, 3.63) is 42.0 Å². The maximum absolute atomic E-state index is 14.0. The first-order valence-corrected chi connectivity index (χ1v) is 11.5. The van der Waals surface area contributed by atoms with E-state index in [9.17, 15) is 19.1 Å². The molecule has 0 aliphatic carbocycles. The van der Waals surface area contributed by atoms with E-state index in [-0.39, 0.29) is 43.3 Å². The average Bonchev–Trinajstić information content (AvgIpc) is 3.27. The van der Waals surface area contributed by atoms with Gasteiger partial charge in [-0.25, -0.2) is 9.18 Å². The number of likely N-dealkylation sites (N-methyl/N-ethyl adjacent to an activating group) is 1. The molecule has 3 amide bonds. The van der Waals surface area contributed by atoms with E-state index in [0.717, 1.165) is 0 Å².